The van der Waals surface area contributed by atoms with Gasteiger partial charge in [-0.1, -0.05) is 6.58 Å². The van der Waals surface area contributed by atoms with E-state index in [9.17, 15) is 18.0 Å². The van der Waals surface area contributed by atoms with Crippen molar-refractivity contribution in [2.75, 3.05) is 25.0 Å². The summed E-state index contributed by atoms with van der Waals surface area (Å²) in [6.07, 6.45) is 7.30. The van der Waals surface area contributed by atoms with Gasteiger partial charge in [0.05, 0.1) is 11.4 Å². The van der Waals surface area contributed by atoms with Gasteiger partial charge in [0.25, 0.3) is 5.91 Å². The topological polar surface area (TPSA) is 112 Å². The highest BCUT2D eigenvalue weighted by atomic mass is 32.2. The van der Waals surface area contributed by atoms with Crippen molar-refractivity contribution in [2.45, 2.75) is 68.0 Å². The number of amides is 2. The van der Waals surface area contributed by atoms with Gasteiger partial charge >= 0.3 is 0 Å². The summed E-state index contributed by atoms with van der Waals surface area (Å²) >= 11 is 0. The fourth-order valence-electron chi connectivity index (χ4n) is 5.75. The molecule has 37 heavy (non-hydrogen) atoms. The van der Waals surface area contributed by atoms with Crippen LogP contribution in [0.15, 0.2) is 58.4 Å². The average Bonchev–Trinajstić information content (AvgIpc) is 3.56. The van der Waals surface area contributed by atoms with Crippen molar-refractivity contribution in [3.63, 3.8) is 0 Å². The number of rotatable bonds is 8. The maximum Gasteiger partial charge on any atom is 0.291 e. The van der Waals surface area contributed by atoms with E-state index in [2.05, 4.69) is 22.1 Å². The lowest BCUT2D eigenvalue weighted by atomic mass is 9.70. The van der Waals surface area contributed by atoms with Crippen molar-refractivity contribution in [2.24, 2.45) is 0 Å². The molecule has 1 aliphatic carbocycles. The van der Waals surface area contributed by atoms with Crippen LogP contribution >= 0.6 is 0 Å². The Morgan fingerprint density at radius 1 is 1.05 bits per heavy atom. The molecule has 2 saturated heterocycles. The van der Waals surface area contributed by atoms with E-state index in [0.717, 1.165) is 38.1 Å². The number of likely N-dealkylation sites (tertiary alicyclic amines) is 1. The average molecular weight is 527 g/mol. The SMILES string of the molecule is C=CC(=O)NC1CCN(S(=O)(=O)c2ccc(NC(=O)c3ccc(CN4CCCC4)o3)cc2)C2(CCC2)C1. The summed E-state index contributed by atoms with van der Waals surface area (Å²) in [5.41, 5.74) is 0.0282. The summed E-state index contributed by atoms with van der Waals surface area (Å²) in [5.74, 6) is 0.376. The van der Waals surface area contributed by atoms with Gasteiger partial charge in [-0.05, 0) is 101 Å². The van der Waals surface area contributed by atoms with E-state index in [-0.39, 0.29) is 28.5 Å². The Morgan fingerprint density at radius 3 is 2.43 bits per heavy atom. The zero-order valence-electron chi connectivity index (χ0n) is 20.9. The minimum Gasteiger partial charge on any atom is -0.455 e. The van der Waals surface area contributed by atoms with Gasteiger partial charge in [-0.25, -0.2) is 8.42 Å². The molecule has 1 atom stereocenters. The van der Waals surface area contributed by atoms with Gasteiger partial charge in [0, 0.05) is 23.8 Å². The molecule has 2 N–H and O–H groups in total. The molecule has 5 rings (SSSR count). The molecule has 1 spiro atoms. The second kappa shape index (κ2) is 10.4. The van der Waals surface area contributed by atoms with Crippen LogP contribution in [0.3, 0.4) is 0 Å². The van der Waals surface area contributed by atoms with Crippen LogP contribution in [0.5, 0.6) is 0 Å². The number of carbonyl (C=O) groups is 2. The molecule has 2 aliphatic heterocycles. The highest BCUT2D eigenvalue weighted by molar-refractivity contribution is 7.89. The number of piperidine rings is 1. The number of nitrogens with one attached hydrogen (secondary N) is 2. The molecule has 2 aromatic rings. The van der Waals surface area contributed by atoms with Gasteiger partial charge in [0.15, 0.2) is 5.76 Å². The van der Waals surface area contributed by atoms with Gasteiger partial charge in [-0.15, -0.1) is 0 Å². The summed E-state index contributed by atoms with van der Waals surface area (Å²) in [4.78, 5) is 26.9. The normalized spacial score (nSPS) is 21.9. The maximum atomic E-state index is 13.6. The highest BCUT2D eigenvalue weighted by Crippen LogP contribution is 2.47. The number of anilines is 1. The molecular formula is C27H34N4O5S. The molecule has 1 aromatic carbocycles. The number of hydrogen-bond donors (Lipinski definition) is 2. The number of benzene rings is 1. The van der Waals surface area contributed by atoms with Gasteiger partial charge in [0.1, 0.15) is 5.76 Å². The Labute approximate surface area is 217 Å². The van der Waals surface area contributed by atoms with Crippen molar-refractivity contribution in [1.82, 2.24) is 14.5 Å². The predicted molar refractivity (Wildman–Crippen MR) is 139 cm³/mol. The van der Waals surface area contributed by atoms with E-state index in [0.29, 0.717) is 31.6 Å². The molecular weight excluding hydrogens is 492 g/mol. The third kappa shape index (κ3) is 5.37. The zero-order chi connectivity index (χ0) is 26.0. The zero-order valence-corrected chi connectivity index (χ0v) is 21.8. The van der Waals surface area contributed by atoms with Crippen LogP contribution in [-0.4, -0.2) is 60.7 Å². The molecule has 3 fully saturated rings. The van der Waals surface area contributed by atoms with Gasteiger partial charge in [-0.3, -0.25) is 14.5 Å². The Balaban J connectivity index is 1.23. The fraction of sp³-hybridized carbons (Fsp3) is 0.481. The molecule has 10 heteroatoms. The lowest BCUT2D eigenvalue weighted by molar-refractivity contribution is -0.117. The van der Waals surface area contributed by atoms with Crippen molar-refractivity contribution in [3.05, 3.63) is 60.6 Å². The number of carbonyl (C=O) groups excluding carboxylic acids is 2. The second-order valence-corrected chi connectivity index (χ2v) is 12.1. The molecule has 2 amide bonds. The van der Waals surface area contributed by atoms with E-state index >= 15 is 0 Å². The molecule has 0 bridgehead atoms. The van der Waals surface area contributed by atoms with Crippen LogP contribution < -0.4 is 10.6 Å². The first-order chi connectivity index (χ1) is 17.8. The Bertz CT molecular complexity index is 1260. The first kappa shape index (κ1) is 25.7. The first-order valence-electron chi connectivity index (χ1n) is 13.0. The highest BCUT2D eigenvalue weighted by Gasteiger charge is 2.51. The lowest BCUT2D eigenvalue weighted by Gasteiger charge is -2.54. The number of nitrogens with zero attached hydrogens (tertiary/aromatic N) is 2. The van der Waals surface area contributed by atoms with E-state index < -0.39 is 15.6 Å². The fourth-order valence-corrected chi connectivity index (χ4v) is 7.59. The quantitative estimate of drug-likeness (QED) is 0.509. The molecule has 198 valence electrons. The monoisotopic (exact) mass is 526 g/mol. The minimum absolute atomic E-state index is 0.0627. The molecule has 3 heterocycles. The van der Waals surface area contributed by atoms with E-state index in [1.807, 2.05) is 6.07 Å². The summed E-state index contributed by atoms with van der Waals surface area (Å²) in [6.45, 7) is 6.63. The predicted octanol–water partition coefficient (Wildman–Crippen LogP) is 3.51. The summed E-state index contributed by atoms with van der Waals surface area (Å²) in [7, 11) is -3.73. The number of hydrogen-bond acceptors (Lipinski definition) is 6. The Hall–Kier alpha value is -2.95. The van der Waals surface area contributed by atoms with Crippen molar-refractivity contribution in [1.29, 1.82) is 0 Å². The maximum absolute atomic E-state index is 13.6. The summed E-state index contributed by atoms with van der Waals surface area (Å²) in [6, 6.07) is 9.69. The smallest absolute Gasteiger partial charge is 0.291 e. The van der Waals surface area contributed by atoms with Crippen molar-refractivity contribution in [3.8, 4) is 0 Å². The largest absolute Gasteiger partial charge is 0.455 e. The third-order valence-electron chi connectivity index (χ3n) is 7.82. The van der Waals surface area contributed by atoms with Crippen LogP contribution in [0, 0.1) is 0 Å². The summed E-state index contributed by atoms with van der Waals surface area (Å²) in [5, 5.41) is 5.72. The molecule has 1 aromatic heterocycles. The minimum atomic E-state index is -3.73. The van der Waals surface area contributed by atoms with Gasteiger partial charge < -0.3 is 15.1 Å². The number of sulfonamides is 1. The standard InChI is InChI=1S/C27H34N4O5S/c1-2-25(32)28-21-12-17-31(27(18-21)13-5-14-27)37(34,35)23-9-6-20(7-10-23)29-26(33)24-11-8-22(36-24)19-30-15-3-4-16-30/h2,6-11,21H,1,3-5,12-19H2,(H,28,32)(H,29,33). The van der Waals surface area contributed by atoms with Crippen molar-refractivity contribution >= 4 is 27.5 Å². The van der Waals surface area contributed by atoms with E-state index in [1.165, 1.54) is 31.1 Å². The molecule has 9 nitrogen and oxygen atoms in total. The number of furan rings is 1. The van der Waals surface area contributed by atoms with Crippen LogP contribution in [-0.2, 0) is 21.4 Å². The van der Waals surface area contributed by atoms with Crippen LogP contribution in [0.2, 0.25) is 0 Å². The first-order valence-corrected chi connectivity index (χ1v) is 14.4. The van der Waals surface area contributed by atoms with E-state index in [4.69, 9.17) is 4.42 Å². The molecule has 0 radical (unpaired) electrons. The molecule has 3 aliphatic rings. The second-order valence-electron chi connectivity index (χ2n) is 10.3. The van der Waals surface area contributed by atoms with Crippen LogP contribution in [0.1, 0.15) is 61.3 Å². The van der Waals surface area contributed by atoms with Crippen LogP contribution in [0.4, 0.5) is 5.69 Å². The Kier molecular flexibility index (Phi) is 7.24. The lowest BCUT2D eigenvalue weighted by Crippen LogP contribution is -2.63. The van der Waals surface area contributed by atoms with Gasteiger partial charge in [0.2, 0.25) is 15.9 Å². The van der Waals surface area contributed by atoms with Crippen LogP contribution in [0.25, 0.3) is 0 Å². The molecule has 1 saturated carbocycles. The Morgan fingerprint density at radius 2 is 1.78 bits per heavy atom. The third-order valence-corrected chi connectivity index (χ3v) is 9.83. The van der Waals surface area contributed by atoms with E-state index in [1.54, 1.807) is 22.5 Å². The van der Waals surface area contributed by atoms with Gasteiger partial charge in [-0.2, -0.15) is 4.31 Å². The van der Waals surface area contributed by atoms with Crippen molar-refractivity contribution < 1.29 is 22.4 Å². The summed E-state index contributed by atoms with van der Waals surface area (Å²) < 4.78 is 34.5. The molecule has 1 unspecified atom stereocenters.